The normalized spacial score (nSPS) is 29.5. The molecule has 0 aliphatic carbocycles. The van der Waals surface area contributed by atoms with Crippen molar-refractivity contribution in [3.05, 3.63) is 35.8 Å². The van der Waals surface area contributed by atoms with Crippen LogP contribution in [-0.4, -0.2) is 67.1 Å². The van der Waals surface area contributed by atoms with Gasteiger partial charge < -0.3 is 15.0 Å². The first-order chi connectivity index (χ1) is 13.9. The number of nitrogens with one attached hydrogen (secondary N) is 2. The van der Waals surface area contributed by atoms with E-state index in [2.05, 4.69) is 15.2 Å². The molecule has 7 nitrogen and oxygen atoms in total. The van der Waals surface area contributed by atoms with Crippen LogP contribution in [0, 0.1) is 11.7 Å². The molecule has 1 aromatic carbocycles. The van der Waals surface area contributed by atoms with Crippen molar-refractivity contribution in [2.24, 2.45) is 5.92 Å². The number of likely N-dealkylation sites (tertiary alicyclic amines) is 1. The van der Waals surface area contributed by atoms with Crippen molar-refractivity contribution >= 4 is 26.6 Å². The van der Waals surface area contributed by atoms with Crippen LogP contribution >= 0.6 is 0 Å². The molecule has 2 aromatic rings. The number of benzene rings is 1. The maximum atomic E-state index is 13.7. The highest BCUT2D eigenvalue weighted by molar-refractivity contribution is 7.92. The second-order valence-corrected chi connectivity index (χ2v) is 10.6. The van der Waals surface area contributed by atoms with E-state index in [1.54, 1.807) is 6.07 Å². The number of aromatic amines is 1. The van der Waals surface area contributed by atoms with Gasteiger partial charge in [-0.2, -0.15) is 0 Å². The third-order valence-corrected chi connectivity index (χ3v) is 8.17. The summed E-state index contributed by atoms with van der Waals surface area (Å²) in [6.07, 6.45) is 3.45. The number of piperidine rings is 1. The molecular formula is C20H24FN3O4S. The number of nitrogens with zero attached hydrogens (tertiary/aromatic N) is 1. The molecule has 156 valence electrons. The van der Waals surface area contributed by atoms with Gasteiger partial charge in [-0.3, -0.25) is 9.69 Å². The van der Waals surface area contributed by atoms with Gasteiger partial charge in [-0.25, -0.2) is 12.8 Å². The highest BCUT2D eigenvalue weighted by Crippen LogP contribution is 2.33. The van der Waals surface area contributed by atoms with Crippen LogP contribution in [0.3, 0.4) is 0 Å². The molecule has 3 saturated heterocycles. The van der Waals surface area contributed by atoms with Crippen molar-refractivity contribution in [3.8, 4) is 0 Å². The standard InChI is InChI=1S/C20H24FN3O4S/c21-14-1-2-17-16(6-14)13(7-22-17)9-24-8-12(5-19-18(24)3-4-28-19)20(25)23-15-10-29(26,27)11-15/h1-2,6-7,12,15,18-19,22H,3-5,8-11H2,(H,23,25)/t12-,18+,19+/m0/s1. The number of rotatable bonds is 4. The Labute approximate surface area is 168 Å². The quantitative estimate of drug-likeness (QED) is 0.774. The van der Waals surface area contributed by atoms with Crippen molar-refractivity contribution < 1.29 is 22.3 Å². The molecule has 0 radical (unpaired) electrons. The molecular weight excluding hydrogens is 397 g/mol. The summed E-state index contributed by atoms with van der Waals surface area (Å²) in [6.45, 7) is 1.86. The molecule has 29 heavy (non-hydrogen) atoms. The molecule has 2 N–H and O–H groups in total. The summed E-state index contributed by atoms with van der Waals surface area (Å²) in [4.78, 5) is 18.2. The zero-order valence-electron chi connectivity index (χ0n) is 15.9. The van der Waals surface area contributed by atoms with E-state index in [9.17, 15) is 17.6 Å². The Kier molecular flexibility index (Phi) is 4.64. The summed E-state index contributed by atoms with van der Waals surface area (Å²) in [5.74, 6) is -0.572. The zero-order chi connectivity index (χ0) is 20.2. The van der Waals surface area contributed by atoms with Crippen molar-refractivity contribution in [1.82, 2.24) is 15.2 Å². The van der Waals surface area contributed by atoms with Gasteiger partial charge in [0.25, 0.3) is 0 Å². The van der Waals surface area contributed by atoms with Gasteiger partial charge in [-0.15, -0.1) is 0 Å². The number of ether oxygens (including phenoxy) is 1. The van der Waals surface area contributed by atoms with E-state index in [-0.39, 0.29) is 47.3 Å². The van der Waals surface area contributed by atoms with Crippen LogP contribution in [0.15, 0.2) is 24.4 Å². The Morgan fingerprint density at radius 1 is 1.34 bits per heavy atom. The average molecular weight is 421 g/mol. The summed E-state index contributed by atoms with van der Waals surface area (Å²) < 4.78 is 42.3. The van der Waals surface area contributed by atoms with Gasteiger partial charge in [-0.1, -0.05) is 0 Å². The summed E-state index contributed by atoms with van der Waals surface area (Å²) in [6, 6.07) is 4.66. The number of H-pyrrole nitrogens is 1. The van der Waals surface area contributed by atoms with Crippen LogP contribution < -0.4 is 5.32 Å². The Hall–Kier alpha value is -1.97. The van der Waals surface area contributed by atoms with Crippen LogP contribution in [0.25, 0.3) is 10.9 Å². The van der Waals surface area contributed by atoms with Crippen LogP contribution in [0.5, 0.6) is 0 Å². The minimum atomic E-state index is -2.97. The average Bonchev–Trinajstić information content (AvgIpc) is 3.27. The second kappa shape index (κ2) is 7.07. The van der Waals surface area contributed by atoms with Crippen LogP contribution in [-0.2, 0) is 25.9 Å². The van der Waals surface area contributed by atoms with E-state index in [4.69, 9.17) is 4.74 Å². The number of carbonyl (C=O) groups is 1. The number of hydrogen-bond donors (Lipinski definition) is 2. The van der Waals surface area contributed by atoms with Crippen molar-refractivity contribution in [1.29, 1.82) is 0 Å². The number of halogens is 1. The molecule has 3 aliphatic rings. The van der Waals surface area contributed by atoms with Crippen molar-refractivity contribution in [2.45, 2.75) is 37.6 Å². The van der Waals surface area contributed by atoms with E-state index in [0.717, 1.165) is 22.9 Å². The maximum absolute atomic E-state index is 13.7. The smallest absolute Gasteiger partial charge is 0.224 e. The van der Waals surface area contributed by atoms with E-state index in [0.29, 0.717) is 26.1 Å². The maximum Gasteiger partial charge on any atom is 0.224 e. The molecule has 4 heterocycles. The molecule has 3 aliphatic heterocycles. The predicted octanol–water partition coefficient (Wildman–Crippen LogP) is 1.20. The number of amides is 1. The van der Waals surface area contributed by atoms with Crippen molar-refractivity contribution in [3.63, 3.8) is 0 Å². The predicted molar refractivity (Wildman–Crippen MR) is 106 cm³/mol. The van der Waals surface area contributed by atoms with Gasteiger partial charge >= 0.3 is 0 Å². The molecule has 3 atom stereocenters. The van der Waals surface area contributed by atoms with Gasteiger partial charge in [0.1, 0.15) is 5.82 Å². The molecule has 0 bridgehead atoms. The Morgan fingerprint density at radius 2 is 2.17 bits per heavy atom. The Balaban J connectivity index is 1.32. The molecule has 1 amide bonds. The van der Waals surface area contributed by atoms with Crippen LogP contribution in [0.1, 0.15) is 18.4 Å². The monoisotopic (exact) mass is 421 g/mol. The lowest BCUT2D eigenvalue weighted by Crippen LogP contribution is -2.57. The SMILES string of the molecule is O=C(NC1CS(=O)(=O)C1)[C@H]1C[C@H]2OCC[C@H]2N(Cc2c[nH]c3ccc(F)cc23)C1. The molecule has 5 rings (SSSR count). The van der Waals surface area contributed by atoms with E-state index in [1.165, 1.54) is 12.1 Å². The lowest BCUT2D eigenvalue weighted by molar-refractivity contribution is -0.130. The fourth-order valence-corrected chi connectivity index (χ4v) is 6.19. The number of hydrogen-bond acceptors (Lipinski definition) is 5. The minimum Gasteiger partial charge on any atom is -0.377 e. The molecule has 3 fully saturated rings. The summed E-state index contributed by atoms with van der Waals surface area (Å²) in [5.41, 5.74) is 1.88. The number of fused-ring (bicyclic) bond motifs is 2. The highest BCUT2D eigenvalue weighted by Gasteiger charge is 2.43. The Morgan fingerprint density at radius 3 is 2.97 bits per heavy atom. The third-order valence-electron chi connectivity index (χ3n) is 6.35. The minimum absolute atomic E-state index is 0.00781. The first kappa shape index (κ1) is 19.0. The van der Waals surface area contributed by atoms with E-state index in [1.807, 2.05) is 6.20 Å². The largest absolute Gasteiger partial charge is 0.377 e. The van der Waals surface area contributed by atoms with Gasteiger partial charge in [-0.05, 0) is 36.6 Å². The molecule has 9 heteroatoms. The van der Waals surface area contributed by atoms with E-state index >= 15 is 0 Å². The van der Waals surface area contributed by atoms with Crippen LogP contribution in [0.2, 0.25) is 0 Å². The summed E-state index contributed by atoms with van der Waals surface area (Å²) in [7, 11) is -2.97. The van der Waals surface area contributed by atoms with Gasteiger partial charge in [0.05, 0.1) is 29.6 Å². The zero-order valence-corrected chi connectivity index (χ0v) is 16.8. The van der Waals surface area contributed by atoms with Crippen LogP contribution in [0.4, 0.5) is 4.39 Å². The summed E-state index contributed by atoms with van der Waals surface area (Å²) >= 11 is 0. The lowest BCUT2D eigenvalue weighted by atomic mass is 9.89. The summed E-state index contributed by atoms with van der Waals surface area (Å²) in [5, 5.41) is 3.74. The fraction of sp³-hybridized carbons (Fsp3) is 0.550. The highest BCUT2D eigenvalue weighted by atomic mass is 32.2. The number of aromatic nitrogens is 1. The van der Waals surface area contributed by atoms with Gasteiger partial charge in [0.2, 0.25) is 5.91 Å². The van der Waals surface area contributed by atoms with Gasteiger partial charge in [0.15, 0.2) is 9.84 Å². The second-order valence-electron chi connectivity index (χ2n) is 8.41. The topological polar surface area (TPSA) is 91.5 Å². The number of carbonyl (C=O) groups excluding carboxylic acids is 1. The van der Waals surface area contributed by atoms with E-state index < -0.39 is 9.84 Å². The Bertz CT molecular complexity index is 1040. The first-order valence-electron chi connectivity index (χ1n) is 10.00. The lowest BCUT2D eigenvalue weighted by Gasteiger charge is -2.41. The first-order valence-corrected chi connectivity index (χ1v) is 11.8. The number of sulfone groups is 1. The molecule has 0 unspecified atom stereocenters. The molecule has 1 aromatic heterocycles. The van der Waals surface area contributed by atoms with Gasteiger partial charge in [0, 0.05) is 42.8 Å². The molecule has 0 spiro atoms. The third kappa shape index (κ3) is 3.67. The fourth-order valence-electron chi connectivity index (χ4n) is 4.89. The van der Waals surface area contributed by atoms with Crippen molar-refractivity contribution in [2.75, 3.05) is 24.7 Å². The molecule has 0 saturated carbocycles.